The van der Waals surface area contributed by atoms with Gasteiger partial charge in [0, 0.05) is 19.4 Å². The van der Waals surface area contributed by atoms with Gasteiger partial charge in [-0.1, -0.05) is 12.1 Å². The van der Waals surface area contributed by atoms with Crippen molar-refractivity contribution >= 4 is 6.09 Å². The SMILES string of the molecule is NC(=O)OC1(c2ccc(OCCCN3CCCC3)cc2)CCOCC1. The fraction of sp³-hybridized carbons (Fsp3) is 0.632. The lowest BCUT2D eigenvalue weighted by molar-refractivity contribution is -0.0728. The Morgan fingerprint density at radius 1 is 1.16 bits per heavy atom. The number of nitrogens with zero attached hydrogens (tertiary/aromatic N) is 1. The van der Waals surface area contributed by atoms with Crippen molar-refractivity contribution in [2.45, 2.75) is 37.7 Å². The number of hydrogen-bond acceptors (Lipinski definition) is 5. The number of carbonyl (C=O) groups excluding carboxylic acids is 1. The van der Waals surface area contributed by atoms with Crippen LogP contribution in [0.5, 0.6) is 5.75 Å². The molecule has 3 rings (SSSR count). The Morgan fingerprint density at radius 2 is 1.84 bits per heavy atom. The molecule has 0 aromatic heterocycles. The lowest BCUT2D eigenvalue weighted by atomic mass is 9.86. The summed E-state index contributed by atoms with van der Waals surface area (Å²) in [6, 6.07) is 7.80. The minimum atomic E-state index is -0.746. The fourth-order valence-electron chi connectivity index (χ4n) is 3.68. The summed E-state index contributed by atoms with van der Waals surface area (Å²) in [6.07, 6.45) is 4.17. The maximum Gasteiger partial charge on any atom is 0.405 e. The van der Waals surface area contributed by atoms with Crippen molar-refractivity contribution in [3.05, 3.63) is 29.8 Å². The largest absolute Gasteiger partial charge is 0.494 e. The van der Waals surface area contributed by atoms with Gasteiger partial charge in [-0.05, 0) is 50.0 Å². The normalized spacial score (nSPS) is 20.3. The van der Waals surface area contributed by atoms with Gasteiger partial charge in [-0.3, -0.25) is 0 Å². The molecule has 0 radical (unpaired) electrons. The molecule has 0 unspecified atom stereocenters. The van der Waals surface area contributed by atoms with E-state index in [1.807, 2.05) is 24.3 Å². The first-order valence-electron chi connectivity index (χ1n) is 9.20. The highest BCUT2D eigenvalue weighted by molar-refractivity contribution is 5.65. The Morgan fingerprint density at radius 3 is 2.48 bits per heavy atom. The molecule has 6 heteroatoms. The monoisotopic (exact) mass is 348 g/mol. The summed E-state index contributed by atoms with van der Waals surface area (Å²) in [5, 5.41) is 0. The van der Waals surface area contributed by atoms with Crippen LogP contribution in [0, 0.1) is 0 Å². The summed E-state index contributed by atoms with van der Waals surface area (Å²) >= 11 is 0. The van der Waals surface area contributed by atoms with Crippen molar-refractivity contribution in [3.63, 3.8) is 0 Å². The molecule has 0 bridgehead atoms. The van der Waals surface area contributed by atoms with Crippen molar-refractivity contribution in [2.75, 3.05) is 39.5 Å². The van der Waals surface area contributed by atoms with Gasteiger partial charge in [0.25, 0.3) is 0 Å². The topological polar surface area (TPSA) is 74.0 Å². The third kappa shape index (κ3) is 4.86. The Kier molecular flexibility index (Phi) is 6.15. The minimum absolute atomic E-state index is 0.558. The summed E-state index contributed by atoms with van der Waals surface area (Å²) in [6.45, 7) is 5.38. The zero-order chi connectivity index (χ0) is 17.5. The maximum absolute atomic E-state index is 11.3. The van der Waals surface area contributed by atoms with Gasteiger partial charge in [-0.25, -0.2) is 4.79 Å². The van der Waals surface area contributed by atoms with E-state index in [1.54, 1.807) is 0 Å². The molecule has 1 aromatic rings. The second kappa shape index (κ2) is 8.54. The molecule has 0 aliphatic carbocycles. The highest BCUT2D eigenvalue weighted by Gasteiger charge is 2.38. The van der Waals surface area contributed by atoms with Crippen molar-refractivity contribution in [1.82, 2.24) is 4.90 Å². The maximum atomic E-state index is 11.3. The van der Waals surface area contributed by atoms with Crippen LogP contribution in [0.15, 0.2) is 24.3 Å². The molecule has 25 heavy (non-hydrogen) atoms. The molecule has 1 amide bonds. The Bertz CT molecular complexity index is 549. The summed E-state index contributed by atoms with van der Waals surface area (Å²) in [5.41, 5.74) is 5.54. The number of nitrogens with two attached hydrogens (primary N) is 1. The molecule has 2 aliphatic heterocycles. The smallest absolute Gasteiger partial charge is 0.405 e. The lowest BCUT2D eigenvalue weighted by Gasteiger charge is -2.36. The van der Waals surface area contributed by atoms with Crippen LogP contribution >= 0.6 is 0 Å². The number of benzene rings is 1. The summed E-state index contributed by atoms with van der Waals surface area (Å²) in [4.78, 5) is 13.8. The number of amides is 1. The van der Waals surface area contributed by atoms with Crippen molar-refractivity contribution in [3.8, 4) is 5.75 Å². The van der Waals surface area contributed by atoms with Crippen LogP contribution in [0.3, 0.4) is 0 Å². The highest BCUT2D eigenvalue weighted by atomic mass is 16.6. The van der Waals surface area contributed by atoms with Crippen LogP contribution in [-0.4, -0.2) is 50.4 Å². The molecule has 138 valence electrons. The molecule has 6 nitrogen and oxygen atoms in total. The van der Waals surface area contributed by atoms with Gasteiger partial charge in [-0.2, -0.15) is 0 Å². The molecule has 0 atom stereocenters. The first-order valence-corrected chi connectivity index (χ1v) is 9.20. The van der Waals surface area contributed by atoms with E-state index < -0.39 is 11.7 Å². The molecular formula is C19H28N2O4. The second-order valence-corrected chi connectivity index (χ2v) is 6.80. The molecule has 1 aromatic carbocycles. The Hall–Kier alpha value is -1.79. The van der Waals surface area contributed by atoms with Crippen molar-refractivity contribution < 1.29 is 19.0 Å². The van der Waals surface area contributed by atoms with Gasteiger partial charge < -0.3 is 24.8 Å². The predicted molar refractivity (Wildman–Crippen MR) is 94.6 cm³/mol. The standard InChI is InChI=1S/C19H28N2O4/c20-18(22)25-19(8-14-23-15-9-19)16-4-6-17(7-5-16)24-13-3-12-21-10-1-2-11-21/h4-7H,1-3,8-15H2,(H2,20,22). The van der Waals surface area contributed by atoms with Crippen LogP contribution in [0.4, 0.5) is 4.79 Å². The van der Waals surface area contributed by atoms with Gasteiger partial charge in [0.1, 0.15) is 11.4 Å². The van der Waals surface area contributed by atoms with E-state index in [-0.39, 0.29) is 0 Å². The molecule has 2 saturated heterocycles. The van der Waals surface area contributed by atoms with Crippen LogP contribution in [-0.2, 0) is 15.1 Å². The van der Waals surface area contributed by atoms with Crippen LogP contribution < -0.4 is 10.5 Å². The highest BCUT2D eigenvalue weighted by Crippen LogP contribution is 2.36. The average molecular weight is 348 g/mol. The number of ether oxygens (including phenoxy) is 3. The molecule has 0 saturated carbocycles. The number of rotatable bonds is 7. The zero-order valence-electron chi connectivity index (χ0n) is 14.7. The zero-order valence-corrected chi connectivity index (χ0v) is 14.7. The molecule has 2 N–H and O–H groups in total. The van der Waals surface area contributed by atoms with E-state index in [0.717, 1.165) is 24.3 Å². The van der Waals surface area contributed by atoms with Crippen molar-refractivity contribution in [2.24, 2.45) is 5.73 Å². The average Bonchev–Trinajstić information content (AvgIpc) is 3.13. The molecule has 2 fully saturated rings. The molecular weight excluding hydrogens is 320 g/mol. The second-order valence-electron chi connectivity index (χ2n) is 6.80. The molecule has 2 aliphatic rings. The summed E-state index contributed by atoms with van der Waals surface area (Å²) in [7, 11) is 0. The van der Waals surface area contributed by atoms with E-state index in [0.29, 0.717) is 32.7 Å². The predicted octanol–water partition coefficient (Wildman–Crippen LogP) is 2.65. The van der Waals surface area contributed by atoms with Gasteiger partial charge in [0.05, 0.1) is 19.8 Å². The van der Waals surface area contributed by atoms with Gasteiger partial charge >= 0.3 is 6.09 Å². The first kappa shape index (κ1) is 18.0. The Balaban J connectivity index is 1.53. The van der Waals surface area contributed by atoms with E-state index in [4.69, 9.17) is 19.9 Å². The van der Waals surface area contributed by atoms with Crippen LogP contribution in [0.1, 0.15) is 37.7 Å². The molecule has 0 spiro atoms. The minimum Gasteiger partial charge on any atom is -0.494 e. The number of likely N-dealkylation sites (tertiary alicyclic amines) is 1. The lowest BCUT2D eigenvalue weighted by Crippen LogP contribution is -2.39. The fourth-order valence-corrected chi connectivity index (χ4v) is 3.68. The summed E-state index contributed by atoms with van der Waals surface area (Å²) < 4.78 is 16.7. The molecule has 2 heterocycles. The third-order valence-corrected chi connectivity index (χ3v) is 5.06. The van der Waals surface area contributed by atoms with E-state index >= 15 is 0 Å². The van der Waals surface area contributed by atoms with E-state index in [9.17, 15) is 4.79 Å². The van der Waals surface area contributed by atoms with Crippen molar-refractivity contribution in [1.29, 1.82) is 0 Å². The van der Waals surface area contributed by atoms with Gasteiger partial charge in [0.15, 0.2) is 0 Å². The van der Waals surface area contributed by atoms with Gasteiger partial charge in [0.2, 0.25) is 0 Å². The van der Waals surface area contributed by atoms with Crippen LogP contribution in [0.2, 0.25) is 0 Å². The van der Waals surface area contributed by atoms with Crippen LogP contribution in [0.25, 0.3) is 0 Å². The number of carbonyl (C=O) groups is 1. The van der Waals surface area contributed by atoms with Gasteiger partial charge in [-0.15, -0.1) is 0 Å². The van der Waals surface area contributed by atoms with E-state index in [1.165, 1.54) is 25.9 Å². The Labute approximate surface area is 149 Å². The number of primary amides is 1. The first-order chi connectivity index (χ1) is 12.2. The number of hydrogen-bond donors (Lipinski definition) is 1. The summed E-state index contributed by atoms with van der Waals surface area (Å²) in [5.74, 6) is 0.839. The quantitative estimate of drug-likeness (QED) is 0.767. The van der Waals surface area contributed by atoms with E-state index in [2.05, 4.69) is 4.90 Å². The third-order valence-electron chi connectivity index (χ3n) is 5.06.